The van der Waals surface area contributed by atoms with Crippen molar-refractivity contribution in [3.05, 3.63) is 71.8 Å². The Morgan fingerprint density at radius 1 is 1.10 bits per heavy atom. The van der Waals surface area contributed by atoms with E-state index in [-0.39, 0.29) is 5.97 Å². The summed E-state index contributed by atoms with van der Waals surface area (Å²) in [5.41, 5.74) is 2.23. The number of carbonyl (C=O) groups excluding carboxylic acids is 1. The predicted molar refractivity (Wildman–Crippen MR) is 86.3 cm³/mol. The summed E-state index contributed by atoms with van der Waals surface area (Å²) in [5, 5.41) is 0. The van der Waals surface area contributed by atoms with Crippen LogP contribution < -0.4 is 4.74 Å². The maximum Gasteiger partial charge on any atom is 0.336 e. The zero-order valence-corrected chi connectivity index (χ0v) is 12.5. The van der Waals surface area contributed by atoms with Crippen LogP contribution in [-0.4, -0.2) is 5.97 Å². The lowest BCUT2D eigenvalue weighted by Crippen LogP contribution is -2.03. The van der Waals surface area contributed by atoms with Gasteiger partial charge in [-0.2, -0.15) is 0 Å². The minimum Gasteiger partial charge on any atom is -0.423 e. The predicted octanol–water partition coefficient (Wildman–Crippen LogP) is 4.82. The smallest absolute Gasteiger partial charge is 0.336 e. The van der Waals surface area contributed by atoms with E-state index in [0.29, 0.717) is 11.7 Å². The molecule has 0 spiro atoms. The van der Waals surface area contributed by atoms with Gasteiger partial charge in [-0.3, -0.25) is 0 Å². The quantitative estimate of drug-likeness (QED) is 0.446. The topological polar surface area (TPSA) is 26.3 Å². The van der Waals surface area contributed by atoms with E-state index in [1.807, 2.05) is 54.6 Å². The second kappa shape index (κ2) is 7.44. The highest BCUT2D eigenvalue weighted by molar-refractivity contribution is 5.88. The molecule has 0 amide bonds. The fourth-order valence-electron chi connectivity index (χ4n) is 1.98. The minimum atomic E-state index is -0.366. The molecule has 0 fully saturated rings. The van der Waals surface area contributed by atoms with E-state index < -0.39 is 0 Å². The highest BCUT2D eigenvalue weighted by Crippen LogP contribution is 2.21. The maximum absolute atomic E-state index is 11.8. The van der Waals surface area contributed by atoms with Gasteiger partial charge in [-0.05, 0) is 41.7 Å². The van der Waals surface area contributed by atoms with Gasteiger partial charge in [-0.25, -0.2) is 4.79 Å². The van der Waals surface area contributed by atoms with Crippen molar-refractivity contribution in [2.24, 2.45) is 0 Å². The normalized spacial score (nSPS) is 12.3. The lowest BCUT2D eigenvalue weighted by molar-refractivity contribution is -0.128. The molecular formula is C19H20O2. The largest absolute Gasteiger partial charge is 0.423 e. The van der Waals surface area contributed by atoms with Gasteiger partial charge >= 0.3 is 5.97 Å². The molecule has 0 bridgehead atoms. The molecule has 0 saturated carbocycles. The molecule has 2 heteroatoms. The molecule has 108 valence electrons. The third kappa shape index (κ3) is 4.60. The Hall–Kier alpha value is -2.35. The minimum absolute atomic E-state index is 0.366. The van der Waals surface area contributed by atoms with Crippen LogP contribution in [0.2, 0.25) is 0 Å². The van der Waals surface area contributed by atoms with Gasteiger partial charge in [0.1, 0.15) is 5.75 Å². The van der Waals surface area contributed by atoms with Gasteiger partial charge in [0.15, 0.2) is 0 Å². The summed E-state index contributed by atoms with van der Waals surface area (Å²) in [7, 11) is 0. The van der Waals surface area contributed by atoms with Gasteiger partial charge in [0.25, 0.3) is 0 Å². The number of rotatable bonds is 5. The number of hydrogen-bond donors (Lipinski definition) is 0. The fourth-order valence-corrected chi connectivity index (χ4v) is 1.98. The van der Waals surface area contributed by atoms with Crippen LogP contribution in [0.4, 0.5) is 0 Å². The SMILES string of the molecule is CCC(C)c1ccc(OC(=O)/C=C/c2ccccc2)cc1. The molecule has 0 aromatic heterocycles. The Kier molecular flexibility index (Phi) is 5.33. The Bertz CT molecular complexity index is 597. The summed E-state index contributed by atoms with van der Waals surface area (Å²) in [6.07, 6.45) is 4.28. The summed E-state index contributed by atoms with van der Waals surface area (Å²) >= 11 is 0. The number of carbonyl (C=O) groups is 1. The molecule has 0 aliphatic heterocycles. The lowest BCUT2D eigenvalue weighted by atomic mass is 9.99. The molecular weight excluding hydrogens is 260 g/mol. The van der Waals surface area contributed by atoms with Crippen molar-refractivity contribution < 1.29 is 9.53 Å². The summed E-state index contributed by atoms with van der Waals surface area (Å²) in [5.74, 6) is 0.729. The van der Waals surface area contributed by atoms with Gasteiger partial charge in [-0.15, -0.1) is 0 Å². The maximum atomic E-state index is 11.8. The third-order valence-corrected chi connectivity index (χ3v) is 3.49. The van der Waals surface area contributed by atoms with Gasteiger partial charge in [0.2, 0.25) is 0 Å². The third-order valence-electron chi connectivity index (χ3n) is 3.49. The molecule has 21 heavy (non-hydrogen) atoms. The van der Waals surface area contributed by atoms with E-state index in [1.165, 1.54) is 11.6 Å². The molecule has 2 aromatic carbocycles. The Morgan fingerprint density at radius 3 is 2.38 bits per heavy atom. The summed E-state index contributed by atoms with van der Waals surface area (Å²) in [4.78, 5) is 11.8. The van der Waals surface area contributed by atoms with Crippen LogP contribution >= 0.6 is 0 Å². The second-order valence-corrected chi connectivity index (χ2v) is 5.04. The van der Waals surface area contributed by atoms with Crippen molar-refractivity contribution in [2.75, 3.05) is 0 Å². The van der Waals surface area contributed by atoms with Crippen molar-refractivity contribution in [3.8, 4) is 5.75 Å². The van der Waals surface area contributed by atoms with Crippen LogP contribution in [0.15, 0.2) is 60.7 Å². The van der Waals surface area contributed by atoms with E-state index >= 15 is 0 Å². The van der Waals surface area contributed by atoms with Crippen LogP contribution in [0, 0.1) is 0 Å². The number of ether oxygens (including phenoxy) is 1. The molecule has 0 N–H and O–H groups in total. The van der Waals surface area contributed by atoms with Crippen molar-refractivity contribution in [1.29, 1.82) is 0 Å². The first-order valence-corrected chi connectivity index (χ1v) is 7.24. The van der Waals surface area contributed by atoms with Crippen LogP contribution in [0.3, 0.4) is 0 Å². The van der Waals surface area contributed by atoms with E-state index in [2.05, 4.69) is 13.8 Å². The van der Waals surface area contributed by atoms with Crippen molar-refractivity contribution >= 4 is 12.0 Å². The summed E-state index contributed by atoms with van der Waals surface area (Å²) in [6.45, 7) is 4.34. The van der Waals surface area contributed by atoms with E-state index in [0.717, 1.165) is 12.0 Å². The lowest BCUT2D eigenvalue weighted by Gasteiger charge is -2.09. The van der Waals surface area contributed by atoms with E-state index in [1.54, 1.807) is 6.08 Å². The van der Waals surface area contributed by atoms with Crippen LogP contribution in [0.1, 0.15) is 37.3 Å². The zero-order chi connectivity index (χ0) is 15.1. The molecule has 2 nitrogen and oxygen atoms in total. The van der Waals surface area contributed by atoms with Crippen LogP contribution in [0.25, 0.3) is 6.08 Å². The summed E-state index contributed by atoms with van der Waals surface area (Å²) < 4.78 is 5.28. The summed E-state index contributed by atoms with van der Waals surface area (Å²) in [6, 6.07) is 17.4. The van der Waals surface area contributed by atoms with E-state index in [9.17, 15) is 4.79 Å². The highest BCUT2D eigenvalue weighted by atomic mass is 16.5. The van der Waals surface area contributed by atoms with Crippen molar-refractivity contribution in [3.63, 3.8) is 0 Å². The fraction of sp³-hybridized carbons (Fsp3) is 0.211. The molecule has 2 aromatic rings. The monoisotopic (exact) mass is 280 g/mol. The van der Waals surface area contributed by atoms with Crippen LogP contribution in [0.5, 0.6) is 5.75 Å². The van der Waals surface area contributed by atoms with E-state index in [4.69, 9.17) is 4.74 Å². The first kappa shape index (κ1) is 15.0. The average molecular weight is 280 g/mol. The highest BCUT2D eigenvalue weighted by Gasteiger charge is 2.04. The molecule has 0 heterocycles. The van der Waals surface area contributed by atoms with Crippen molar-refractivity contribution in [2.45, 2.75) is 26.2 Å². The van der Waals surface area contributed by atoms with Gasteiger partial charge in [0.05, 0.1) is 0 Å². The number of hydrogen-bond acceptors (Lipinski definition) is 2. The van der Waals surface area contributed by atoms with Crippen molar-refractivity contribution in [1.82, 2.24) is 0 Å². The molecule has 1 atom stereocenters. The number of esters is 1. The molecule has 0 saturated heterocycles. The Balaban J connectivity index is 1.95. The second-order valence-electron chi connectivity index (χ2n) is 5.04. The molecule has 2 rings (SSSR count). The van der Waals surface area contributed by atoms with Gasteiger partial charge < -0.3 is 4.74 Å². The van der Waals surface area contributed by atoms with Gasteiger partial charge in [-0.1, -0.05) is 56.3 Å². The molecule has 1 unspecified atom stereocenters. The van der Waals surface area contributed by atoms with Gasteiger partial charge in [0, 0.05) is 6.08 Å². The zero-order valence-electron chi connectivity index (χ0n) is 12.5. The first-order valence-electron chi connectivity index (χ1n) is 7.24. The molecule has 0 aliphatic rings. The average Bonchev–Trinajstić information content (AvgIpc) is 2.54. The Labute approximate surface area is 126 Å². The molecule has 0 aliphatic carbocycles. The molecule has 0 radical (unpaired) electrons. The Morgan fingerprint density at radius 2 is 1.76 bits per heavy atom. The van der Waals surface area contributed by atoms with Crippen LogP contribution in [-0.2, 0) is 4.79 Å². The number of benzene rings is 2. The first-order chi connectivity index (χ1) is 10.2. The standard InChI is InChI=1S/C19H20O2/c1-3-15(2)17-10-12-18(13-11-17)21-19(20)14-9-16-7-5-4-6-8-16/h4-15H,3H2,1-2H3/b14-9+.